The molecule has 1 aromatic heterocycles. The third-order valence-electron chi connectivity index (χ3n) is 5.91. The molecule has 1 atom stereocenters. The average molecular weight is 460 g/mol. The molecule has 2 aromatic carbocycles. The monoisotopic (exact) mass is 459 g/mol. The number of hydrogen-bond donors (Lipinski definition) is 1. The van der Waals surface area contributed by atoms with Crippen molar-refractivity contribution >= 4 is 17.4 Å². The first-order chi connectivity index (χ1) is 16.5. The predicted octanol–water partition coefficient (Wildman–Crippen LogP) is 4.49. The third kappa shape index (κ3) is 4.88. The molecule has 0 aliphatic carbocycles. The second-order valence-electron chi connectivity index (χ2n) is 8.43. The highest BCUT2D eigenvalue weighted by atomic mass is 16.5. The van der Waals surface area contributed by atoms with Crippen molar-refractivity contribution in [1.82, 2.24) is 14.5 Å². The molecule has 1 saturated heterocycles. The van der Waals surface area contributed by atoms with Gasteiger partial charge in [0.05, 0.1) is 24.5 Å². The zero-order chi connectivity index (χ0) is 24.1. The number of aliphatic hydroxyl groups excluding tert-OH is 1. The molecule has 1 amide bonds. The van der Waals surface area contributed by atoms with Crippen molar-refractivity contribution < 1.29 is 19.4 Å². The number of imidazole rings is 1. The summed E-state index contributed by atoms with van der Waals surface area (Å²) in [5.41, 5.74) is 2.44. The van der Waals surface area contributed by atoms with Crippen LogP contribution in [0.25, 0.3) is 5.76 Å². The number of rotatable bonds is 9. The molecule has 2 heterocycles. The number of carbonyl (C=O) groups excluding carboxylic acids is 2. The summed E-state index contributed by atoms with van der Waals surface area (Å²) in [6, 6.07) is 14.0. The van der Waals surface area contributed by atoms with Crippen LogP contribution in [0.5, 0.6) is 5.75 Å². The number of benzene rings is 2. The van der Waals surface area contributed by atoms with Crippen LogP contribution in [-0.4, -0.2) is 44.4 Å². The molecule has 1 aliphatic heterocycles. The van der Waals surface area contributed by atoms with Crippen molar-refractivity contribution in [3.05, 3.63) is 89.5 Å². The zero-order valence-corrected chi connectivity index (χ0v) is 19.5. The molecule has 7 heteroatoms. The van der Waals surface area contributed by atoms with Gasteiger partial charge in [0, 0.05) is 31.0 Å². The van der Waals surface area contributed by atoms with E-state index in [1.54, 1.807) is 41.7 Å². The smallest absolute Gasteiger partial charge is 0.295 e. The Morgan fingerprint density at radius 3 is 2.44 bits per heavy atom. The van der Waals surface area contributed by atoms with Crippen molar-refractivity contribution in [3.8, 4) is 5.75 Å². The first kappa shape index (κ1) is 23.3. The standard InChI is InChI=1S/C27H29N3O4/c1-3-17-34-22-11-9-21(10-12-22)25(31)23-24(20-7-5-19(2)6-8-20)30(27(33)26(23)32)15-4-14-29-16-13-28-18-29/h5-13,16,18,24,31H,3-4,14-15,17H2,1-2H3/b25-23+/t24-/m0/s1. The molecular weight excluding hydrogens is 430 g/mol. The number of aliphatic hydroxyl groups is 1. The van der Waals surface area contributed by atoms with Crippen LogP contribution in [0.3, 0.4) is 0 Å². The number of aromatic nitrogens is 2. The number of nitrogens with zero attached hydrogens (tertiary/aromatic N) is 3. The van der Waals surface area contributed by atoms with E-state index in [1.165, 1.54) is 0 Å². The van der Waals surface area contributed by atoms with Gasteiger partial charge in [-0.05, 0) is 49.6 Å². The van der Waals surface area contributed by atoms with E-state index in [2.05, 4.69) is 4.98 Å². The fourth-order valence-electron chi connectivity index (χ4n) is 4.13. The van der Waals surface area contributed by atoms with Gasteiger partial charge in [-0.2, -0.15) is 0 Å². The Kier molecular flexibility index (Phi) is 7.11. The van der Waals surface area contributed by atoms with Crippen LogP contribution in [0.4, 0.5) is 0 Å². The molecule has 7 nitrogen and oxygen atoms in total. The summed E-state index contributed by atoms with van der Waals surface area (Å²) in [5.74, 6) is -0.755. The molecule has 1 aliphatic rings. The molecule has 3 aromatic rings. The Hall–Kier alpha value is -3.87. The van der Waals surface area contributed by atoms with Crippen molar-refractivity contribution in [2.24, 2.45) is 0 Å². The van der Waals surface area contributed by atoms with E-state index in [9.17, 15) is 14.7 Å². The lowest BCUT2D eigenvalue weighted by Gasteiger charge is -2.25. The van der Waals surface area contributed by atoms with E-state index < -0.39 is 17.7 Å². The van der Waals surface area contributed by atoms with Crippen LogP contribution >= 0.6 is 0 Å². The highest BCUT2D eigenvalue weighted by Gasteiger charge is 2.45. The van der Waals surface area contributed by atoms with E-state index in [4.69, 9.17) is 4.74 Å². The zero-order valence-electron chi connectivity index (χ0n) is 19.5. The summed E-state index contributed by atoms with van der Waals surface area (Å²) in [7, 11) is 0. The molecule has 0 unspecified atom stereocenters. The minimum Gasteiger partial charge on any atom is -0.507 e. The Balaban J connectivity index is 1.67. The number of aryl methyl sites for hydroxylation is 2. The second-order valence-corrected chi connectivity index (χ2v) is 8.43. The molecule has 0 radical (unpaired) electrons. The highest BCUT2D eigenvalue weighted by molar-refractivity contribution is 6.46. The largest absolute Gasteiger partial charge is 0.507 e. The van der Waals surface area contributed by atoms with Crippen LogP contribution in [0.1, 0.15) is 42.5 Å². The van der Waals surface area contributed by atoms with Crippen LogP contribution in [0, 0.1) is 6.92 Å². The minimum absolute atomic E-state index is 0.110. The van der Waals surface area contributed by atoms with Crippen molar-refractivity contribution in [2.45, 2.75) is 39.3 Å². The van der Waals surface area contributed by atoms with Crippen LogP contribution in [0.15, 0.2) is 72.8 Å². The average Bonchev–Trinajstić information content (AvgIpc) is 3.45. The normalized spacial score (nSPS) is 17.4. The van der Waals surface area contributed by atoms with E-state index >= 15 is 0 Å². The molecule has 34 heavy (non-hydrogen) atoms. The molecule has 176 valence electrons. The van der Waals surface area contributed by atoms with E-state index in [0.717, 1.165) is 17.5 Å². The lowest BCUT2D eigenvalue weighted by atomic mass is 9.94. The van der Waals surface area contributed by atoms with Crippen molar-refractivity contribution in [2.75, 3.05) is 13.2 Å². The third-order valence-corrected chi connectivity index (χ3v) is 5.91. The second kappa shape index (κ2) is 10.4. The summed E-state index contributed by atoms with van der Waals surface area (Å²) in [6.45, 7) is 5.65. The number of hydrogen-bond acceptors (Lipinski definition) is 5. The Bertz CT molecular complexity index is 1170. The van der Waals surface area contributed by atoms with E-state index in [-0.39, 0.29) is 11.3 Å². The van der Waals surface area contributed by atoms with Crippen LogP contribution in [0.2, 0.25) is 0 Å². The molecule has 1 N–H and O–H groups in total. The highest BCUT2D eigenvalue weighted by Crippen LogP contribution is 2.39. The van der Waals surface area contributed by atoms with Gasteiger partial charge in [-0.25, -0.2) is 4.98 Å². The van der Waals surface area contributed by atoms with Crippen LogP contribution in [-0.2, 0) is 16.1 Å². The van der Waals surface area contributed by atoms with Crippen LogP contribution < -0.4 is 4.74 Å². The number of amides is 1. The summed E-state index contributed by atoms with van der Waals surface area (Å²) in [5, 5.41) is 11.2. The lowest BCUT2D eigenvalue weighted by Crippen LogP contribution is -2.31. The molecular formula is C27H29N3O4. The molecule has 0 bridgehead atoms. The fourth-order valence-corrected chi connectivity index (χ4v) is 4.13. The SMILES string of the molecule is CCCOc1ccc(/C(O)=C2\C(=O)C(=O)N(CCCn3ccnc3)[C@H]2c2ccc(C)cc2)cc1. The molecule has 1 fully saturated rings. The molecule has 0 spiro atoms. The Morgan fingerprint density at radius 2 is 1.79 bits per heavy atom. The molecule has 4 rings (SSSR count). The van der Waals surface area contributed by atoms with E-state index in [1.807, 2.05) is 48.9 Å². The number of likely N-dealkylation sites (tertiary alicyclic amines) is 1. The molecule has 0 saturated carbocycles. The summed E-state index contributed by atoms with van der Waals surface area (Å²) in [6.07, 6.45) is 6.83. The van der Waals surface area contributed by atoms with Gasteiger partial charge in [-0.3, -0.25) is 9.59 Å². The number of carbonyl (C=O) groups is 2. The quantitative estimate of drug-likeness (QED) is 0.289. The van der Waals surface area contributed by atoms with Gasteiger partial charge in [-0.15, -0.1) is 0 Å². The van der Waals surface area contributed by atoms with E-state index in [0.29, 0.717) is 37.4 Å². The van der Waals surface area contributed by atoms with Gasteiger partial charge in [0.15, 0.2) is 0 Å². The number of ether oxygens (including phenoxy) is 1. The maximum absolute atomic E-state index is 13.1. The minimum atomic E-state index is -0.669. The summed E-state index contributed by atoms with van der Waals surface area (Å²) < 4.78 is 7.54. The van der Waals surface area contributed by atoms with Crippen molar-refractivity contribution in [1.29, 1.82) is 0 Å². The lowest BCUT2D eigenvalue weighted by molar-refractivity contribution is -0.139. The Labute approximate surface area is 199 Å². The first-order valence-electron chi connectivity index (χ1n) is 11.5. The van der Waals surface area contributed by atoms with Gasteiger partial charge in [0.25, 0.3) is 11.7 Å². The number of Topliss-reactive ketones (excluding diaryl/α,β-unsaturated/α-hetero) is 1. The van der Waals surface area contributed by atoms with Gasteiger partial charge in [0.1, 0.15) is 11.5 Å². The van der Waals surface area contributed by atoms with Gasteiger partial charge >= 0.3 is 0 Å². The first-order valence-corrected chi connectivity index (χ1v) is 11.5. The maximum atomic E-state index is 13.1. The summed E-state index contributed by atoms with van der Waals surface area (Å²) in [4.78, 5) is 31.8. The van der Waals surface area contributed by atoms with Gasteiger partial charge in [0.2, 0.25) is 0 Å². The summed E-state index contributed by atoms with van der Waals surface area (Å²) >= 11 is 0. The topological polar surface area (TPSA) is 84.7 Å². The predicted molar refractivity (Wildman–Crippen MR) is 129 cm³/mol. The van der Waals surface area contributed by atoms with Crippen molar-refractivity contribution in [3.63, 3.8) is 0 Å². The number of ketones is 1. The van der Waals surface area contributed by atoms with Gasteiger partial charge < -0.3 is 19.3 Å². The fraction of sp³-hybridized carbons (Fsp3) is 0.296. The Morgan fingerprint density at radius 1 is 1.06 bits per heavy atom. The van der Waals surface area contributed by atoms with Gasteiger partial charge in [-0.1, -0.05) is 36.8 Å². The maximum Gasteiger partial charge on any atom is 0.295 e.